The van der Waals surface area contributed by atoms with Gasteiger partial charge >= 0.3 is 0 Å². The summed E-state index contributed by atoms with van der Waals surface area (Å²) in [6.45, 7) is 1.61. The van der Waals surface area contributed by atoms with Crippen molar-refractivity contribution in [2.24, 2.45) is 11.0 Å². The van der Waals surface area contributed by atoms with Crippen LogP contribution in [0.4, 0.5) is 0 Å². The normalized spacial score (nSPS) is 36.2. The van der Waals surface area contributed by atoms with Crippen molar-refractivity contribution in [3.05, 3.63) is 10.4 Å². The molecule has 2 rings (SSSR count). The Morgan fingerprint density at radius 1 is 1.62 bits per heavy atom. The van der Waals surface area contributed by atoms with Crippen LogP contribution in [-0.4, -0.2) is 18.8 Å². The van der Waals surface area contributed by atoms with Gasteiger partial charge in [0.25, 0.3) is 0 Å². The molecule has 0 N–H and O–H groups in total. The molecule has 4 heteroatoms. The summed E-state index contributed by atoms with van der Waals surface area (Å²) in [5, 5.41) is 3.54. The van der Waals surface area contributed by atoms with E-state index in [9.17, 15) is 0 Å². The number of hydrogen-bond acceptors (Lipinski definition) is 2. The van der Waals surface area contributed by atoms with E-state index in [-0.39, 0.29) is 5.60 Å². The zero-order valence-electron chi connectivity index (χ0n) is 7.78. The second kappa shape index (κ2) is 3.56. The van der Waals surface area contributed by atoms with Gasteiger partial charge in [0, 0.05) is 11.5 Å². The van der Waals surface area contributed by atoms with Gasteiger partial charge < -0.3 is 4.74 Å². The Labute approximate surface area is 77.9 Å². The number of azide groups is 1. The van der Waals surface area contributed by atoms with E-state index in [1.54, 1.807) is 0 Å². The van der Waals surface area contributed by atoms with Crippen LogP contribution in [0.1, 0.15) is 32.1 Å². The Morgan fingerprint density at radius 2 is 2.46 bits per heavy atom. The van der Waals surface area contributed by atoms with E-state index < -0.39 is 0 Å². The maximum Gasteiger partial charge on any atom is 0.0944 e. The van der Waals surface area contributed by atoms with Gasteiger partial charge in [-0.1, -0.05) is 11.5 Å². The highest BCUT2D eigenvalue weighted by Crippen LogP contribution is 2.49. The second-order valence-corrected chi connectivity index (χ2v) is 4.04. The molecule has 0 amide bonds. The number of nitrogens with zero attached hydrogens (tertiary/aromatic N) is 3. The number of epoxide rings is 1. The molecule has 0 bridgehead atoms. The summed E-state index contributed by atoms with van der Waals surface area (Å²) in [6.07, 6.45) is 6.04. The summed E-state index contributed by atoms with van der Waals surface area (Å²) < 4.78 is 5.52. The number of hydrogen-bond donors (Lipinski definition) is 0. The van der Waals surface area contributed by atoms with Crippen LogP contribution >= 0.6 is 0 Å². The molecule has 4 nitrogen and oxygen atoms in total. The highest BCUT2D eigenvalue weighted by molar-refractivity contribution is 5.02. The molecule has 0 unspecified atom stereocenters. The van der Waals surface area contributed by atoms with E-state index in [0.29, 0.717) is 6.54 Å². The van der Waals surface area contributed by atoms with Crippen molar-refractivity contribution in [2.75, 3.05) is 13.2 Å². The Kier molecular flexibility index (Phi) is 2.42. The summed E-state index contributed by atoms with van der Waals surface area (Å²) >= 11 is 0. The average molecular weight is 181 g/mol. The first-order valence-corrected chi connectivity index (χ1v) is 5.02. The molecule has 2 fully saturated rings. The van der Waals surface area contributed by atoms with Crippen LogP contribution in [0.2, 0.25) is 0 Å². The summed E-state index contributed by atoms with van der Waals surface area (Å²) in [5.41, 5.74) is 8.38. The molecule has 0 aromatic carbocycles. The summed E-state index contributed by atoms with van der Waals surface area (Å²) in [4.78, 5) is 2.75. The van der Waals surface area contributed by atoms with E-state index in [4.69, 9.17) is 10.3 Å². The van der Waals surface area contributed by atoms with Crippen molar-refractivity contribution >= 4 is 0 Å². The van der Waals surface area contributed by atoms with E-state index in [2.05, 4.69) is 10.0 Å². The van der Waals surface area contributed by atoms with Crippen LogP contribution < -0.4 is 0 Å². The maximum atomic E-state index is 8.11. The predicted molar refractivity (Wildman–Crippen MR) is 49.3 cm³/mol. The lowest BCUT2D eigenvalue weighted by molar-refractivity contribution is 0.235. The highest BCUT2D eigenvalue weighted by atomic mass is 16.6. The van der Waals surface area contributed by atoms with Gasteiger partial charge in [0.05, 0.1) is 12.2 Å². The average Bonchev–Trinajstić information content (AvgIpc) is 2.78. The fourth-order valence-electron chi connectivity index (χ4n) is 2.45. The Hall–Kier alpha value is -0.730. The molecule has 1 saturated heterocycles. The van der Waals surface area contributed by atoms with Crippen molar-refractivity contribution in [2.45, 2.75) is 37.7 Å². The molecule has 0 aromatic rings. The minimum absolute atomic E-state index is 0.274. The van der Waals surface area contributed by atoms with Crippen molar-refractivity contribution in [1.82, 2.24) is 0 Å². The largest absolute Gasteiger partial charge is 0.369 e. The van der Waals surface area contributed by atoms with Crippen LogP contribution in [-0.2, 0) is 4.74 Å². The standard InChI is InChI=1S/C9H15N3O/c10-12-11-6-2-4-8-3-1-5-9(8)7-13-9/h8H,1-7H2/t8-,9-/m1/s1. The third-order valence-corrected chi connectivity index (χ3v) is 3.29. The lowest BCUT2D eigenvalue weighted by Gasteiger charge is -2.13. The third-order valence-electron chi connectivity index (χ3n) is 3.29. The molecule has 1 heterocycles. The molecule has 0 aromatic heterocycles. The predicted octanol–water partition coefficient (Wildman–Crippen LogP) is 2.65. The SMILES string of the molecule is [N-]=[N+]=NCCC[C@H]1CCC[C@@]12CO2. The first kappa shape index (κ1) is 8.85. The lowest BCUT2D eigenvalue weighted by Crippen LogP contribution is -2.17. The zero-order valence-corrected chi connectivity index (χ0v) is 7.78. The second-order valence-electron chi connectivity index (χ2n) is 4.04. The number of ether oxygens (including phenoxy) is 1. The molecule has 1 saturated carbocycles. The van der Waals surface area contributed by atoms with Crippen LogP contribution in [0.5, 0.6) is 0 Å². The van der Waals surface area contributed by atoms with Crippen molar-refractivity contribution < 1.29 is 4.74 Å². The van der Waals surface area contributed by atoms with E-state index >= 15 is 0 Å². The van der Waals surface area contributed by atoms with Gasteiger partial charge in [-0.05, 0) is 37.1 Å². The van der Waals surface area contributed by atoms with Crippen molar-refractivity contribution in [3.8, 4) is 0 Å². The molecule has 72 valence electrons. The molecule has 2 atom stereocenters. The number of rotatable bonds is 4. The molecular formula is C9H15N3O. The van der Waals surface area contributed by atoms with E-state index in [0.717, 1.165) is 18.9 Å². The molecule has 0 radical (unpaired) electrons. The van der Waals surface area contributed by atoms with Crippen molar-refractivity contribution in [3.63, 3.8) is 0 Å². The monoisotopic (exact) mass is 181 g/mol. The zero-order chi connectivity index (χ0) is 9.15. The van der Waals surface area contributed by atoms with Gasteiger partial charge in [-0.15, -0.1) is 0 Å². The first-order valence-electron chi connectivity index (χ1n) is 5.02. The van der Waals surface area contributed by atoms with Gasteiger partial charge in [-0.25, -0.2) is 0 Å². The van der Waals surface area contributed by atoms with Crippen LogP contribution in [0.25, 0.3) is 10.4 Å². The van der Waals surface area contributed by atoms with Crippen LogP contribution in [0, 0.1) is 5.92 Å². The maximum absolute atomic E-state index is 8.11. The van der Waals surface area contributed by atoms with E-state index in [1.807, 2.05) is 0 Å². The van der Waals surface area contributed by atoms with Crippen LogP contribution in [0.3, 0.4) is 0 Å². The smallest absolute Gasteiger partial charge is 0.0944 e. The minimum atomic E-state index is 0.274. The highest BCUT2D eigenvalue weighted by Gasteiger charge is 2.53. The fraction of sp³-hybridized carbons (Fsp3) is 1.00. The summed E-state index contributed by atoms with van der Waals surface area (Å²) in [5.74, 6) is 0.737. The van der Waals surface area contributed by atoms with Crippen LogP contribution in [0.15, 0.2) is 5.11 Å². The molecule has 1 aliphatic carbocycles. The van der Waals surface area contributed by atoms with Crippen molar-refractivity contribution in [1.29, 1.82) is 0 Å². The van der Waals surface area contributed by atoms with Gasteiger partial charge in [-0.2, -0.15) is 0 Å². The Balaban J connectivity index is 1.72. The Bertz CT molecular complexity index is 231. The molecule has 13 heavy (non-hydrogen) atoms. The minimum Gasteiger partial charge on any atom is -0.369 e. The molecule has 1 aliphatic heterocycles. The molecular weight excluding hydrogens is 166 g/mol. The van der Waals surface area contributed by atoms with Gasteiger partial charge in [0.2, 0.25) is 0 Å². The van der Waals surface area contributed by atoms with Gasteiger partial charge in [0.1, 0.15) is 0 Å². The summed E-state index contributed by atoms with van der Waals surface area (Å²) in [7, 11) is 0. The molecule has 1 spiro atoms. The molecule has 2 aliphatic rings. The van der Waals surface area contributed by atoms with Gasteiger partial charge in [-0.3, -0.25) is 0 Å². The lowest BCUT2D eigenvalue weighted by atomic mass is 9.92. The topological polar surface area (TPSA) is 61.3 Å². The fourth-order valence-corrected chi connectivity index (χ4v) is 2.45. The third kappa shape index (κ3) is 1.79. The summed E-state index contributed by atoms with van der Waals surface area (Å²) in [6, 6.07) is 0. The Morgan fingerprint density at radius 3 is 3.15 bits per heavy atom. The first-order chi connectivity index (χ1) is 6.37. The van der Waals surface area contributed by atoms with E-state index in [1.165, 1.54) is 25.7 Å². The quantitative estimate of drug-likeness (QED) is 0.216. The van der Waals surface area contributed by atoms with Gasteiger partial charge in [0.15, 0.2) is 0 Å².